The van der Waals surface area contributed by atoms with E-state index in [1.165, 1.54) is 19.2 Å². The van der Waals surface area contributed by atoms with Crippen molar-refractivity contribution in [3.8, 4) is 0 Å². The van der Waals surface area contributed by atoms with Crippen molar-refractivity contribution in [2.24, 2.45) is 0 Å². The summed E-state index contributed by atoms with van der Waals surface area (Å²) in [7, 11) is 1.18. The largest absolute Gasteiger partial charge is 0.453 e. The van der Waals surface area contributed by atoms with Gasteiger partial charge in [0.2, 0.25) is 0 Å². The van der Waals surface area contributed by atoms with Crippen LogP contribution in [-0.2, 0) is 4.74 Å². The lowest BCUT2D eigenvalue weighted by Crippen LogP contribution is -2.12. The number of rotatable bonds is 3. The van der Waals surface area contributed by atoms with E-state index in [9.17, 15) is 14.0 Å². The average Bonchev–Trinajstić information content (AvgIpc) is 2.30. The number of amides is 1. The van der Waals surface area contributed by atoms with Gasteiger partial charge < -0.3 is 4.74 Å². The van der Waals surface area contributed by atoms with E-state index in [0.29, 0.717) is 0 Å². The summed E-state index contributed by atoms with van der Waals surface area (Å²) in [4.78, 5) is 22.1. The van der Waals surface area contributed by atoms with Crippen LogP contribution >= 0.6 is 15.9 Å². The van der Waals surface area contributed by atoms with Crippen LogP contribution < -0.4 is 5.32 Å². The van der Waals surface area contributed by atoms with E-state index in [1.54, 1.807) is 0 Å². The number of methoxy groups -OCH3 is 1. The SMILES string of the molecule is COC(=O)Nc1ccc(C(=O)CBr)cc1F. The number of nitrogens with one attached hydrogen (secondary N) is 1. The Morgan fingerprint density at radius 2 is 2.19 bits per heavy atom. The molecule has 0 atom stereocenters. The van der Waals surface area contributed by atoms with Crippen molar-refractivity contribution in [3.63, 3.8) is 0 Å². The molecule has 1 amide bonds. The van der Waals surface area contributed by atoms with E-state index in [2.05, 4.69) is 26.0 Å². The molecule has 0 radical (unpaired) electrons. The molecule has 0 heterocycles. The molecule has 1 aromatic carbocycles. The van der Waals surface area contributed by atoms with Crippen molar-refractivity contribution in [2.45, 2.75) is 0 Å². The predicted octanol–water partition coefficient (Wildman–Crippen LogP) is 2.58. The second-order valence-corrected chi connectivity index (χ2v) is 3.43. The minimum Gasteiger partial charge on any atom is -0.453 e. The molecule has 1 N–H and O–H groups in total. The van der Waals surface area contributed by atoms with Crippen LogP contribution in [0.15, 0.2) is 18.2 Å². The normalized spacial score (nSPS) is 9.69. The maximum atomic E-state index is 13.4. The summed E-state index contributed by atoms with van der Waals surface area (Å²) >= 11 is 2.98. The van der Waals surface area contributed by atoms with Gasteiger partial charge in [-0.2, -0.15) is 0 Å². The van der Waals surface area contributed by atoms with Crippen LogP contribution in [0.5, 0.6) is 0 Å². The monoisotopic (exact) mass is 289 g/mol. The van der Waals surface area contributed by atoms with Gasteiger partial charge in [-0.05, 0) is 18.2 Å². The van der Waals surface area contributed by atoms with Gasteiger partial charge >= 0.3 is 6.09 Å². The van der Waals surface area contributed by atoms with E-state index in [1.807, 2.05) is 0 Å². The summed E-state index contributed by atoms with van der Waals surface area (Å²) in [6.07, 6.45) is -0.765. The van der Waals surface area contributed by atoms with Crippen LogP contribution in [0.25, 0.3) is 0 Å². The van der Waals surface area contributed by atoms with Gasteiger partial charge in [0.15, 0.2) is 5.78 Å². The van der Waals surface area contributed by atoms with E-state index >= 15 is 0 Å². The van der Waals surface area contributed by atoms with Crippen LogP contribution in [0.3, 0.4) is 0 Å². The third-order valence-electron chi connectivity index (χ3n) is 1.83. The summed E-state index contributed by atoms with van der Waals surface area (Å²) in [5, 5.41) is 2.31. The number of hydrogen-bond donors (Lipinski definition) is 1. The van der Waals surface area contributed by atoms with Gasteiger partial charge in [0.05, 0.1) is 18.1 Å². The Morgan fingerprint density at radius 1 is 1.50 bits per heavy atom. The highest BCUT2D eigenvalue weighted by Gasteiger charge is 2.10. The Morgan fingerprint density at radius 3 is 2.69 bits per heavy atom. The first-order valence-corrected chi connectivity index (χ1v) is 5.44. The molecule has 0 saturated carbocycles. The number of anilines is 1. The highest BCUT2D eigenvalue weighted by atomic mass is 79.9. The first-order chi connectivity index (χ1) is 7.58. The lowest BCUT2D eigenvalue weighted by atomic mass is 10.1. The Bertz CT molecular complexity index is 423. The molecule has 16 heavy (non-hydrogen) atoms. The Kier molecular flexibility index (Phi) is 4.42. The van der Waals surface area contributed by atoms with Gasteiger partial charge in [0.25, 0.3) is 0 Å². The average molecular weight is 290 g/mol. The van der Waals surface area contributed by atoms with Crippen LogP contribution in [0.4, 0.5) is 14.9 Å². The summed E-state index contributed by atoms with van der Waals surface area (Å²) < 4.78 is 17.7. The maximum Gasteiger partial charge on any atom is 0.411 e. The Balaban J connectivity index is 2.91. The number of Topliss-reactive ketones (excluding diaryl/α,β-unsaturated/α-hetero) is 1. The molecule has 86 valence electrons. The van der Waals surface area contributed by atoms with Crippen LogP contribution in [0, 0.1) is 5.82 Å². The number of hydrogen-bond acceptors (Lipinski definition) is 3. The third-order valence-corrected chi connectivity index (χ3v) is 2.34. The second-order valence-electron chi connectivity index (χ2n) is 2.87. The van der Waals surface area contributed by atoms with Crippen molar-refractivity contribution in [3.05, 3.63) is 29.6 Å². The van der Waals surface area contributed by atoms with Crippen molar-refractivity contribution in [1.29, 1.82) is 0 Å². The molecule has 0 aromatic heterocycles. The fraction of sp³-hybridized carbons (Fsp3) is 0.200. The maximum absolute atomic E-state index is 13.4. The molecule has 0 aliphatic carbocycles. The number of benzene rings is 1. The Hall–Kier alpha value is -1.43. The first kappa shape index (κ1) is 12.6. The van der Waals surface area contributed by atoms with Gasteiger partial charge in [0.1, 0.15) is 5.82 Å². The summed E-state index contributed by atoms with van der Waals surface area (Å²) in [6.45, 7) is 0. The molecule has 0 unspecified atom stereocenters. The van der Waals surface area contributed by atoms with Crippen LogP contribution in [0.2, 0.25) is 0 Å². The molecule has 0 aliphatic heterocycles. The van der Waals surface area contributed by atoms with Crippen LogP contribution in [-0.4, -0.2) is 24.3 Å². The number of carbonyl (C=O) groups is 2. The fourth-order valence-electron chi connectivity index (χ4n) is 1.03. The van der Waals surface area contributed by atoms with Crippen molar-refractivity contribution in [1.82, 2.24) is 0 Å². The molecule has 1 rings (SSSR count). The summed E-state index contributed by atoms with van der Waals surface area (Å²) in [5.41, 5.74) is 0.211. The number of alkyl halides is 1. The highest BCUT2D eigenvalue weighted by Crippen LogP contribution is 2.16. The first-order valence-electron chi connectivity index (χ1n) is 4.32. The third kappa shape index (κ3) is 3.03. The van der Waals surface area contributed by atoms with E-state index in [-0.39, 0.29) is 22.4 Å². The topological polar surface area (TPSA) is 55.4 Å². The van der Waals surface area contributed by atoms with Gasteiger partial charge in [-0.3, -0.25) is 10.1 Å². The fourth-order valence-corrected chi connectivity index (χ4v) is 1.35. The zero-order valence-electron chi connectivity index (χ0n) is 8.42. The summed E-state index contributed by atoms with van der Waals surface area (Å²) in [6, 6.07) is 3.80. The summed E-state index contributed by atoms with van der Waals surface area (Å²) in [5.74, 6) is -0.916. The van der Waals surface area contributed by atoms with Crippen LogP contribution in [0.1, 0.15) is 10.4 Å². The molecule has 0 bridgehead atoms. The predicted molar refractivity (Wildman–Crippen MR) is 60.6 cm³/mol. The minimum absolute atomic E-state index is 0.0297. The molecule has 0 fully saturated rings. The number of ketones is 1. The number of halogens is 2. The van der Waals surface area contributed by atoms with E-state index in [0.717, 1.165) is 6.07 Å². The lowest BCUT2D eigenvalue weighted by molar-refractivity contribution is 0.102. The molecule has 6 heteroatoms. The molecule has 0 aliphatic rings. The number of carbonyl (C=O) groups excluding carboxylic acids is 2. The lowest BCUT2D eigenvalue weighted by Gasteiger charge is -2.05. The van der Waals surface area contributed by atoms with E-state index < -0.39 is 11.9 Å². The van der Waals surface area contributed by atoms with Gasteiger partial charge in [-0.25, -0.2) is 9.18 Å². The quantitative estimate of drug-likeness (QED) is 0.687. The van der Waals surface area contributed by atoms with Gasteiger partial charge in [0, 0.05) is 5.56 Å². The Labute approximate surface area is 99.9 Å². The zero-order valence-corrected chi connectivity index (χ0v) is 10.0. The van der Waals surface area contributed by atoms with Crippen molar-refractivity contribution >= 4 is 33.5 Å². The smallest absolute Gasteiger partial charge is 0.411 e. The second kappa shape index (κ2) is 5.60. The molecule has 0 spiro atoms. The zero-order chi connectivity index (χ0) is 12.1. The standard InChI is InChI=1S/C10H9BrFNO3/c1-16-10(15)13-8-3-2-6(4-7(8)12)9(14)5-11/h2-4H,5H2,1H3,(H,13,15). The molecular weight excluding hydrogens is 281 g/mol. The highest BCUT2D eigenvalue weighted by molar-refractivity contribution is 9.09. The van der Waals surface area contributed by atoms with Crippen molar-refractivity contribution < 1.29 is 18.7 Å². The number of ether oxygens (including phenoxy) is 1. The molecule has 1 aromatic rings. The van der Waals surface area contributed by atoms with Gasteiger partial charge in [-0.1, -0.05) is 15.9 Å². The minimum atomic E-state index is -0.765. The van der Waals surface area contributed by atoms with Gasteiger partial charge in [-0.15, -0.1) is 0 Å². The van der Waals surface area contributed by atoms with Crippen molar-refractivity contribution in [2.75, 3.05) is 17.8 Å². The molecule has 4 nitrogen and oxygen atoms in total. The molecule has 0 saturated heterocycles. The van der Waals surface area contributed by atoms with E-state index in [4.69, 9.17) is 0 Å². The molecular formula is C10H9BrFNO3.